The molecule has 0 amide bonds. The van der Waals surface area contributed by atoms with E-state index in [2.05, 4.69) is 22.5 Å². The van der Waals surface area contributed by atoms with Gasteiger partial charge < -0.3 is 0 Å². The first-order valence-electron chi connectivity index (χ1n) is 1.42. The van der Waals surface area contributed by atoms with Crippen molar-refractivity contribution in [3.63, 3.8) is 0 Å². The predicted octanol–water partition coefficient (Wildman–Crippen LogP) is 0.372. The van der Waals surface area contributed by atoms with Gasteiger partial charge in [0.15, 0.2) is 0 Å². The summed E-state index contributed by atoms with van der Waals surface area (Å²) in [6.07, 6.45) is 0. The third-order valence-electron chi connectivity index (χ3n) is 0.209. The fraction of sp³-hybridized carbons (Fsp3) is 1.00. The maximum absolute atomic E-state index is 4.45. The van der Waals surface area contributed by atoms with Gasteiger partial charge in [-0.15, -0.1) is 4.89 Å². The monoisotopic (exact) mass is 93.0 g/mol. The van der Waals surface area contributed by atoms with Crippen molar-refractivity contribution in [3.05, 3.63) is 0 Å². The zero-order chi connectivity index (χ0) is 4.12. The Labute approximate surface area is 37.0 Å². The average Bonchev–Trinajstić information content (AvgIpc) is 1.41. The second-order valence-corrected chi connectivity index (χ2v) is 0.707. The topological polar surface area (TPSA) is 21.3 Å². The number of hydrogen-bond donors (Lipinski definition) is 2. The van der Waals surface area contributed by atoms with Gasteiger partial charge in [0.2, 0.25) is 0 Å². The van der Waals surface area contributed by atoms with Gasteiger partial charge in [-0.05, 0) is 6.92 Å². The van der Waals surface area contributed by atoms with Crippen LogP contribution in [-0.4, -0.2) is 6.61 Å². The number of hydrogen-bond acceptors (Lipinski definition) is 3. The lowest BCUT2D eigenvalue weighted by atomic mass is 10.9. The normalized spacial score (nSPS) is 8.40. The largest absolute Gasteiger partial charge is 0.292 e. The highest BCUT2D eigenvalue weighted by Crippen LogP contribution is 1.61. The molecule has 0 aromatic rings. The minimum Gasteiger partial charge on any atom is -0.292 e. The molecule has 0 heterocycles. The SMILES string of the molecule is CCONS. The van der Waals surface area contributed by atoms with Gasteiger partial charge in [-0.25, -0.2) is 0 Å². The van der Waals surface area contributed by atoms with Crippen LogP contribution < -0.4 is 4.89 Å². The van der Waals surface area contributed by atoms with Crippen LogP contribution in [-0.2, 0) is 4.84 Å². The molecule has 0 spiro atoms. The summed E-state index contributed by atoms with van der Waals surface area (Å²) < 4.78 is 0. The molecule has 0 radical (unpaired) electrons. The van der Waals surface area contributed by atoms with Crippen LogP contribution >= 0.6 is 12.8 Å². The summed E-state index contributed by atoms with van der Waals surface area (Å²) in [7, 11) is 0. The van der Waals surface area contributed by atoms with E-state index in [0.29, 0.717) is 6.61 Å². The van der Waals surface area contributed by atoms with Crippen LogP contribution in [0.2, 0.25) is 0 Å². The van der Waals surface area contributed by atoms with Gasteiger partial charge in [0.25, 0.3) is 0 Å². The number of rotatable bonds is 2. The Morgan fingerprint density at radius 1 is 2.00 bits per heavy atom. The van der Waals surface area contributed by atoms with E-state index in [1.54, 1.807) is 0 Å². The van der Waals surface area contributed by atoms with E-state index in [1.165, 1.54) is 0 Å². The van der Waals surface area contributed by atoms with Crippen molar-refractivity contribution in [2.75, 3.05) is 6.61 Å². The fourth-order valence-electron chi connectivity index (χ4n) is 0.0645. The van der Waals surface area contributed by atoms with Gasteiger partial charge in [-0.2, -0.15) is 0 Å². The number of nitrogens with one attached hydrogen (secondary N) is 1. The van der Waals surface area contributed by atoms with E-state index in [1.807, 2.05) is 6.92 Å². The lowest BCUT2D eigenvalue weighted by Crippen LogP contribution is -1.97. The molecule has 0 fully saturated rings. The smallest absolute Gasteiger partial charge is 0.0664 e. The quantitative estimate of drug-likeness (QED) is 0.380. The Morgan fingerprint density at radius 3 is 2.60 bits per heavy atom. The van der Waals surface area contributed by atoms with Crippen LogP contribution in [0.4, 0.5) is 0 Å². The maximum Gasteiger partial charge on any atom is 0.0664 e. The average molecular weight is 93.2 g/mol. The van der Waals surface area contributed by atoms with E-state index in [0.717, 1.165) is 0 Å². The molecular weight excluding hydrogens is 86.1 g/mol. The highest BCUT2D eigenvalue weighted by atomic mass is 32.1. The van der Waals surface area contributed by atoms with Gasteiger partial charge in [0, 0.05) is 0 Å². The van der Waals surface area contributed by atoms with Crippen LogP contribution in [0.5, 0.6) is 0 Å². The lowest BCUT2D eigenvalue weighted by molar-refractivity contribution is 0.115. The van der Waals surface area contributed by atoms with Crippen molar-refractivity contribution in [1.29, 1.82) is 0 Å². The number of thiol groups is 1. The summed E-state index contributed by atoms with van der Waals surface area (Å²) in [4.78, 5) is 6.66. The van der Waals surface area contributed by atoms with Crippen LogP contribution in [0.15, 0.2) is 0 Å². The lowest BCUT2D eigenvalue weighted by Gasteiger charge is -1.87. The predicted molar refractivity (Wildman–Crippen MR) is 23.7 cm³/mol. The molecule has 1 N–H and O–H groups in total. The van der Waals surface area contributed by atoms with E-state index in [-0.39, 0.29) is 0 Å². The Kier molecular flexibility index (Phi) is 4.50. The van der Waals surface area contributed by atoms with E-state index >= 15 is 0 Å². The molecular formula is C2H7NOS. The van der Waals surface area contributed by atoms with Crippen LogP contribution in [0, 0.1) is 0 Å². The third kappa shape index (κ3) is 4.27. The van der Waals surface area contributed by atoms with E-state index in [4.69, 9.17) is 0 Å². The summed E-state index contributed by atoms with van der Waals surface area (Å²) in [6.45, 7) is 2.53. The van der Waals surface area contributed by atoms with Crippen molar-refractivity contribution in [3.8, 4) is 0 Å². The molecule has 0 atom stereocenters. The zero-order valence-corrected chi connectivity index (χ0v) is 3.96. The minimum absolute atomic E-state index is 0.656. The molecule has 0 unspecified atom stereocenters. The Balaban J connectivity index is 2.19. The summed E-state index contributed by atoms with van der Waals surface area (Å²) in [5.74, 6) is 0. The van der Waals surface area contributed by atoms with E-state index < -0.39 is 0 Å². The van der Waals surface area contributed by atoms with Crippen molar-refractivity contribution < 1.29 is 4.84 Å². The Morgan fingerprint density at radius 2 is 2.60 bits per heavy atom. The molecule has 0 saturated carbocycles. The zero-order valence-electron chi connectivity index (χ0n) is 3.06. The van der Waals surface area contributed by atoms with Crippen molar-refractivity contribution in [2.24, 2.45) is 0 Å². The van der Waals surface area contributed by atoms with Crippen LogP contribution in [0.1, 0.15) is 6.92 Å². The molecule has 0 bridgehead atoms. The summed E-state index contributed by atoms with van der Waals surface area (Å²) >= 11 is 3.53. The van der Waals surface area contributed by atoms with Crippen LogP contribution in [0.25, 0.3) is 0 Å². The van der Waals surface area contributed by atoms with Crippen molar-refractivity contribution in [1.82, 2.24) is 4.89 Å². The second-order valence-electron chi connectivity index (χ2n) is 0.524. The maximum atomic E-state index is 4.45. The third-order valence-corrected chi connectivity index (χ3v) is 0.338. The molecule has 5 heavy (non-hydrogen) atoms. The highest BCUT2D eigenvalue weighted by Gasteiger charge is 1.62. The van der Waals surface area contributed by atoms with Gasteiger partial charge in [-0.1, -0.05) is 12.8 Å². The standard InChI is InChI=1S/C2H7NOS/c1-2-4-3-5/h3,5H,2H2,1H3. The van der Waals surface area contributed by atoms with Gasteiger partial charge in [0.1, 0.15) is 0 Å². The molecule has 0 rings (SSSR count). The minimum atomic E-state index is 0.656. The molecule has 0 saturated heterocycles. The second kappa shape index (κ2) is 4.27. The molecule has 0 aromatic heterocycles. The highest BCUT2D eigenvalue weighted by molar-refractivity contribution is 7.77. The molecule has 0 aromatic carbocycles. The van der Waals surface area contributed by atoms with Crippen molar-refractivity contribution in [2.45, 2.75) is 6.92 Å². The molecule has 0 aliphatic heterocycles. The molecule has 0 aliphatic carbocycles. The van der Waals surface area contributed by atoms with Gasteiger partial charge in [0.05, 0.1) is 6.61 Å². The summed E-state index contributed by atoms with van der Waals surface area (Å²) in [6, 6.07) is 0. The molecule has 3 heteroatoms. The summed E-state index contributed by atoms with van der Waals surface area (Å²) in [5, 5.41) is 0. The first-order valence-corrected chi connectivity index (χ1v) is 1.87. The van der Waals surface area contributed by atoms with Gasteiger partial charge in [-0.3, -0.25) is 4.84 Å². The van der Waals surface area contributed by atoms with E-state index in [9.17, 15) is 0 Å². The molecule has 2 nitrogen and oxygen atoms in total. The van der Waals surface area contributed by atoms with Gasteiger partial charge >= 0.3 is 0 Å². The van der Waals surface area contributed by atoms with Crippen LogP contribution in [0.3, 0.4) is 0 Å². The first kappa shape index (κ1) is 5.27. The summed E-state index contributed by atoms with van der Waals surface area (Å²) in [5.41, 5.74) is 0. The Hall–Kier alpha value is 0.270. The first-order chi connectivity index (χ1) is 2.41. The fourth-order valence-corrected chi connectivity index (χ4v) is 0.194. The molecule has 0 aliphatic rings. The molecule has 32 valence electrons. The van der Waals surface area contributed by atoms with Crippen molar-refractivity contribution >= 4 is 12.8 Å². The Bertz CT molecular complexity index is 17.1.